The van der Waals surface area contributed by atoms with Crippen molar-refractivity contribution in [3.63, 3.8) is 0 Å². The van der Waals surface area contributed by atoms with Gasteiger partial charge in [-0.15, -0.1) is 0 Å². The molecule has 1 saturated carbocycles. The number of nitrogens with one attached hydrogen (secondary N) is 1. The lowest BCUT2D eigenvalue weighted by atomic mass is 10.3. The van der Waals surface area contributed by atoms with Crippen molar-refractivity contribution < 1.29 is 9.53 Å². The molecule has 2 rings (SSSR count). The van der Waals surface area contributed by atoms with Gasteiger partial charge in [0, 0.05) is 5.92 Å². The van der Waals surface area contributed by atoms with Crippen molar-refractivity contribution in [3.8, 4) is 5.75 Å². The molecule has 0 atom stereocenters. The molecule has 1 aromatic rings. The van der Waals surface area contributed by atoms with Crippen LogP contribution in [0.4, 0.5) is 5.69 Å². The lowest BCUT2D eigenvalue weighted by Crippen LogP contribution is -2.29. The normalized spacial score (nSPS) is 14.5. The van der Waals surface area contributed by atoms with Crippen molar-refractivity contribution >= 4 is 11.6 Å². The first-order valence-electron chi connectivity index (χ1n) is 5.52. The Morgan fingerprint density at radius 1 is 1.44 bits per heavy atom. The molecule has 0 aromatic heterocycles. The van der Waals surface area contributed by atoms with E-state index in [2.05, 4.69) is 5.32 Å². The van der Waals surface area contributed by atoms with Crippen LogP contribution in [0.5, 0.6) is 5.75 Å². The van der Waals surface area contributed by atoms with Crippen LogP contribution >= 0.6 is 0 Å². The van der Waals surface area contributed by atoms with Crippen LogP contribution in [0.15, 0.2) is 24.3 Å². The van der Waals surface area contributed by atoms with Crippen molar-refractivity contribution in [1.82, 2.24) is 5.32 Å². The van der Waals surface area contributed by atoms with Crippen LogP contribution in [-0.2, 0) is 4.79 Å². The molecule has 0 heterocycles. The van der Waals surface area contributed by atoms with Crippen LogP contribution in [0.3, 0.4) is 0 Å². The fraction of sp³-hybridized carbons (Fsp3) is 0.417. The minimum Gasteiger partial charge on any atom is -0.490 e. The monoisotopic (exact) mass is 220 g/mol. The van der Waals surface area contributed by atoms with E-state index in [1.165, 1.54) is 0 Å². The predicted octanol–water partition coefficient (Wildman–Crippen LogP) is 1.17. The second-order valence-corrected chi connectivity index (χ2v) is 3.95. The summed E-state index contributed by atoms with van der Waals surface area (Å²) in [6.45, 7) is 0.982. The molecule has 0 saturated heterocycles. The molecule has 86 valence electrons. The van der Waals surface area contributed by atoms with Crippen molar-refractivity contribution in [1.29, 1.82) is 0 Å². The van der Waals surface area contributed by atoms with Gasteiger partial charge in [0.15, 0.2) is 0 Å². The Kier molecular flexibility index (Phi) is 3.29. The molecular weight excluding hydrogens is 204 g/mol. The molecule has 0 spiro atoms. The van der Waals surface area contributed by atoms with Gasteiger partial charge in [0.1, 0.15) is 12.4 Å². The Morgan fingerprint density at radius 3 is 2.88 bits per heavy atom. The fourth-order valence-electron chi connectivity index (χ4n) is 1.44. The van der Waals surface area contributed by atoms with Gasteiger partial charge >= 0.3 is 0 Å². The first-order valence-corrected chi connectivity index (χ1v) is 5.52. The second-order valence-electron chi connectivity index (χ2n) is 3.95. The predicted molar refractivity (Wildman–Crippen MR) is 62.1 cm³/mol. The third-order valence-corrected chi connectivity index (χ3v) is 2.53. The molecule has 1 fully saturated rings. The van der Waals surface area contributed by atoms with Crippen LogP contribution in [0.25, 0.3) is 0 Å². The van der Waals surface area contributed by atoms with Crippen molar-refractivity contribution in [2.24, 2.45) is 5.92 Å². The average Bonchev–Trinajstić information content (AvgIpc) is 3.10. The SMILES string of the molecule is Nc1ccccc1OCCNC(=O)C1CC1. The molecule has 0 aliphatic heterocycles. The Morgan fingerprint density at radius 2 is 2.19 bits per heavy atom. The van der Waals surface area contributed by atoms with E-state index in [4.69, 9.17) is 10.5 Å². The third kappa shape index (κ3) is 2.89. The molecule has 4 nitrogen and oxygen atoms in total. The summed E-state index contributed by atoms with van der Waals surface area (Å²) in [5.74, 6) is 1.06. The zero-order valence-corrected chi connectivity index (χ0v) is 9.11. The van der Waals surface area contributed by atoms with E-state index in [-0.39, 0.29) is 11.8 Å². The molecule has 16 heavy (non-hydrogen) atoms. The molecule has 1 amide bonds. The molecular formula is C12H16N2O2. The second kappa shape index (κ2) is 4.88. The molecule has 0 unspecified atom stereocenters. The summed E-state index contributed by atoms with van der Waals surface area (Å²) in [6.07, 6.45) is 2.05. The number of amides is 1. The highest BCUT2D eigenvalue weighted by Crippen LogP contribution is 2.28. The van der Waals surface area contributed by atoms with E-state index in [1.807, 2.05) is 18.2 Å². The molecule has 3 N–H and O–H groups in total. The summed E-state index contributed by atoms with van der Waals surface area (Å²) in [4.78, 5) is 11.3. The average molecular weight is 220 g/mol. The first kappa shape index (κ1) is 10.8. The highest BCUT2D eigenvalue weighted by molar-refractivity contribution is 5.80. The number of para-hydroxylation sites is 2. The Labute approximate surface area is 94.8 Å². The van der Waals surface area contributed by atoms with Gasteiger partial charge in [0.2, 0.25) is 5.91 Å². The topological polar surface area (TPSA) is 64.3 Å². The summed E-state index contributed by atoms with van der Waals surface area (Å²) in [5.41, 5.74) is 6.33. The smallest absolute Gasteiger partial charge is 0.223 e. The lowest BCUT2D eigenvalue weighted by Gasteiger charge is -2.09. The number of nitrogen functional groups attached to an aromatic ring is 1. The number of hydrogen-bond donors (Lipinski definition) is 2. The van der Waals surface area contributed by atoms with Gasteiger partial charge in [-0.3, -0.25) is 4.79 Å². The van der Waals surface area contributed by atoms with Gasteiger partial charge in [-0.1, -0.05) is 12.1 Å². The van der Waals surface area contributed by atoms with Crippen LogP contribution in [0.1, 0.15) is 12.8 Å². The quantitative estimate of drug-likeness (QED) is 0.578. The van der Waals surface area contributed by atoms with Gasteiger partial charge < -0.3 is 15.8 Å². The first-order chi connectivity index (χ1) is 7.77. The van der Waals surface area contributed by atoms with Gasteiger partial charge in [-0.2, -0.15) is 0 Å². The Balaban J connectivity index is 1.67. The Hall–Kier alpha value is -1.71. The van der Waals surface area contributed by atoms with Crippen molar-refractivity contribution in [2.45, 2.75) is 12.8 Å². The Bertz CT molecular complexity index is 375. The van der Waals surface area contributed by atoms with Gasteiger partial charge in [0.05, 0.1) is 12.2 Å². The maximum absolute atomic E-state index is 11.3. The molecule has 0 radical (unpaired) electrons. The van der Waals surface area contributed by atoms with E-state index in [9.17, 15) is 4.79 Å². The number of rotatable bonds is 5. The number of nitrogens with two attached hydrogens (primary N) is 1. The largest absolute Gasteiger partial charge is 0.490 e. The summed E-state index contributed by atoms with van der Waals surface area (Å²) in [7, 11) is 0. The van der Waals surface area contributed by atoms with Crippen molar-refractivity contribution in [2.75, 3.05) is 18.9 Å². The highest BCUT2D eigenvalue weighted by atomic mass is 16.5. The fourth-order valence-corrected chi connectivity index (χ4v) is 1.44. The standard InChI is InChI=1S/C12H16N2O2/c13-10-3-1-2-4-11(10)16-8-7-14-12(15)9-5-6-9/h1-4,9H,5-8,13H2,(H,14,15). The summed E-state index contributed by atoms with van der Waals surface area (Å²) < 4.78 is 5.45. The van der Waals surface area contributed by atoms with Crippen LogP contribution in [0.2, 0.25) is 0 Å². The zero-order chi connectivity index (χ0) is 11.4. The number of carbonyl (C=O) groups excluding carboxylic acids is 1. The number of hydrogen-bond acceptors (Lipinski definition) is 3. The lowest BCUT2D eigenvalue weighted by molar-refractivity contribution is -0.122. The van der Waals surface area contributed by atoms with Gasteiger partial charge in [0.25, 0.3) is 0 Å². The minimum atomic E-state index is 0.143. The molecule has 1 aliphatic carbocycles. The molecule has 4 heteroatoms. The number of benzene rings is 1. The van der Waals surface area contributed by atoms with E-state index in [0.29, 0.717) is 24.6 Å². The van der Waals surface area contributed by atoms with Crippen molar-refractivity contribution in [3.05, 3.63) is 24.3 Å². The van der Waals surface area contributed by atoms with E-state index >= 15 is 0 Å². The number of carbonyl (C=O) groups is 1. The maximum atomic E-state index is 11.3. The number of ether oxygens (including phenoxy) is 1. The molecule has 1 aliphatic rings. The number of anilines is 1. The minimum absolute atomic E-state index is 0.143. The van der Waals surface area contributed by atoms with Gasteiger partial charge in [-0.25, -0.2) is 0 Å². The van der Waals surface area contributed by atoms with E-state index in [1.54, 1.807) is 6.07 Å². The van der Waals surface area contributed by atoms with Crippen LogP contribution in [-0.4, -0.2) is 19.1 Å². The summed E-state index contributed by atoms with van der Waals surface area (Å²) in [6, 6.07) is 7.34. The highest BCUT2D eigenvalue weighted by Gasteiger charge is 2.28. The molecule has 1 aromatic carbocycles. The van der Waals surface area contributed by atoms with Crippen LogP contribution < -0.4 is 15.8 Å². The summed E-state index contributed by atoms with van der Waals surface area (Å²) in [5, 5.41) is 2.83. The van der Waals surface area contributed by atoms with E-state index < -0.39 is 0 Å². The maximum Gasteiger partial charge on any atom is 0.223 e. The zero-order valence-electron chi connectivity index (χ0n) is 9.11. The molecule has 0 bridgehead atoms. The van der Waals surface area contributed by atoms with Crippen LogP contribution in [0, 0.1) is 5.92 Å². The summed E-state index contributed by atoms with van der Waals surface area (Å²) >= 11 is 0. The third-order valence-electron chi connectivity index (χ3n) is 2.53. The van der Waals surface area contributed by atoms with E-state index in [0.717, 1.165) is 12.8 Å². The van der Waals surface area contributed by atoms with Gasteiger partial charge in [-0.05, 0) is 25.0 Å².